The smallest absolute Gasteiger partial charge is 0.329 e. The van der Waals surface area contributed by atoms with E-state index in [1.54, 1.807) is 31.9 Å². The van der Waals surface area contributed by atoms with Crippen LogP contribution in [0.4, 0.5) is 5.69 Å². The van der Waals surface area contributed by atoms with Crippen LogP contribution in [0.1, 0.15) is 20.3 Å². The van der Waals surface area contributed by atoms with E-state index in [1.165, 1.54) is 12.1 Å². The van der Waals surface area contributed by atoms with Crippen LogP contribution >= 0.6 is 0 Å². The van der Waals surface area contributed by atoms with Gasteiger partial charge in [-0.2, -0.15) is 0 Å². The molecule has 1 aromatic rings. The number of hydrogen-bond acceptors (Lipinski definition) is 4. The summed E-state index contributed by atoms with van der Waals surface area (Å²) in [4.78, 5) is 12.8. The maximum Gasteiger partial charge on any atom is 0.329 e. The molecule has 0 aliphatic rings. The molecule has 0 saturated carbocycles. The number of rotatable bonds is 4. The van der Waals surface area contributed by atoms with E-state index in [0.29, 0.717) is 12.1 Å². The minimum absolute atomic E-state index is 0.226. The Balaban J connectivity index is 3.14. The number of anilines is 1. The highest BCUT2D eigenvalue weighted by molar-refractivity contribution is 5.83. The highest BCUT2D eigenvalue weighted by Gasteiger charge is 2.36. The fraction of sp³-hybridized carbons (Fsp3) is 0.417. The molecular weight excluding hydrogens is 222 g/mol. The molecule has 0 saturated heterocycles. The van der Waals surface area contributed by atoms with Gasteiger partial charge in [0.25, 0.3) is 0 Å². The van der Waals surface area contributed by atoms with E-state index in [2.05, 4.69) is 0 Å². The van der Waals surface area contributed by atoms with Gasteiger partial charge in [-0.25, -0.2) is 4.79 Å². The first-order chi connectivity index (χ1) is 7.82. The molecule has 5 nitrogen and oxygen atoms in total. The first kappa shape index (κ1) is 13.2. The van der Waals surface area contributed by atoms with Crippen LogP contribution < -0.4 is 4.90 Å². The summed E-state index contributed by atoms with van der Waals surface area (Å²) in [5.74, 6) is -1.43. The number of carbonyl (C=O) groups is 1. The van der Waals surface area contributed by atoms with Gasteiger partial charge in [-0.05, 0) is 25.5 Å². The number of benzene rings is 1. The lowest BCUT2D eigenvalue weighted by molar-refractivity contribution is -0.142. The highest BCUT2D eigenvalue weighted by Crippen LogP contribution is 2.32. The van der Waals surface area contributed by atoms with Gasteiger partial charge in [0.2, 0.25) is 0 Å². The van der Waals surface area contributed by atoms with Crippen LogP contribution in [-0.4, -0.2) is 33.9 Å². The molecule has 0 aliphatic carbocycles. The SMILES string of the molecule is CC[C@@](C)(C(=O)O)N(C)c1ccc(O)c(O)c1. The third kappa shape index (κ3) is 2.27. The predicted octanol–water partition coefficient (Wildman–Crippen LogP) is 1.79. The van der Waals surface area contributed by atoms with E-state index in [4.69, 9.17) is 0 Å². The summed E-state index contributed by atoms with van der Waals surface area (Å²) in [6.45, 7) is 3.39. The van der Waals surface area contributed by atoms with E-state index in [9.17, 15) is 20.1 Å². The second-order valence-corrected chi connectivity index (χ2v) is 4.16. The number of hydrogen-bond donors (Lipinski definition) is 3. The van der Waals surface area contributed by atoms with Crippen molar-refractivity contribution in [3.05, 3.63) is 18.2 Å². The van der Waals surface area contributed by atoms with Gasteiger partial charge in [-0.15, -0.1) is 0 Å². The van der Waals surface area contributed by atoms with Crippen molar-refractivity contribution < 1.29 is 20.1 Å². The second kappa shape index (κ2) is 4.53. The Hall–Kier alpha value is -1.91. The minimum Gasteiger partial charge on any atom is -0.504 e. The zero-order valence-electron chi connectivity index (χ0n) is 10.1. The number of nitrogens with zero attached hydrogens (tertiary/aromatic N) is 1. The predicted molar refractivity (Wildman–Crippen MR) is 64.5 cm³/mol. The number of aliphatic carboxylic acids is 1. The molecule has 5 heteroatoms. The molecular formula is C12H17NO4. The van der Waals surface area contributed by atoms with Crippen LogP contribution in [0.2, 0.25) is 0 Å². The third-order valence-electron chi connectivity index (χ3n) is 3.24. The van der Waals surface area contributed by atoms with Gasteiger partial charge >= 0.3 is 5.97 Å². The number of likely N-dealkylation sites (N-methyl/N-ethyl adjacent to an activating group) is 1. The molecule has 0 radical (unpaired) electrons. The molecule has 1 aromatic carbocycles. The Kier molecular flexibility index (Phi) is 3.50. The fourth-order valence-corrected chi connectivity index (χ4v) is 1.54. The van der Waals surface area contributed by atoms with Crippen molar-refractivity contribution in [3.8, 4) is 11.5 Å². The molecule has 0 heterocycles. The summed E-state index contributed by atoms with van der Waals surface area (Å²) in [7, 11) is 1.64. The van der Waals surface area contributed by atoms with Crippen molar-refractivity contribution in [2.45, 2.75) is 25.8 Å². The van der Waals surface area contributed by atoms with Crippen molar-refractivity contribution in [2.24, 2.45) is 0 Å². The fourth-order valence-electron chi connectivity index (χ4n) is 1.54. The van der Waals surface area contributed by atoms with Crippen molar-refractivity contribution in [2.75, 3.05) is 11.9 Å². The van der Waals surface area contributed by atoms with Gasteiger partial charge in [0.1, 0.15) is 5.54 Å². The van der Waals surface area contributed by atoms with Gasteiger partial charge in [-0.3, -0.25) is 0 Å². The first-order valence-electron chi connectivity index (χ1n) is 5.32. The third-order valence-corrected chi connectivity index (χ3v) is 3.24. The Morgan fingerprint density at radius 1 is 1.35 bits per heavy atom. The van der Waals surface area contributed by atoms with Crippen molar-refractivity contribution in [1.29, 1.82) is 0 Å². The van der Waals surface area contributed by atoms with Crippen LogP contribution in [0, 0.1) is 0 Å². The van der Waals surface area contributed by atoms with Gasteiger partial charge in [0, 0.05) is 18.8 Å². The molecule has 0 aliphatic heterocycles. The molecule has 94 valence electrons. The summed E-state index contributed by atoms with van der Waals surface area (Å²) in [5, 5.41) is 27.8. The Bertz CT molecular complexity index is 433. The van der Waals surface area contributed by atoms with Crippen LogP contribution in [-0.2, 0) is 4.79 Å². The quantitative estimate of drug-likeness (QED) is 0.698. The monoisotopic (exact) mass is 239 g/mol. The lowest BCUT2D eigenvalue weighted by atomic mass is 9.96. The number of phenols is 2. The number of aromatic hydroxyl groups is 2. The average Bonchev–Trinajstić information content (AvgIpc) is 2.30. The number of carboxylic acids is 1. The first-order valence-corrected chi connectivity index (χ1v) is 5.32. The molecule has 17 heavy (non-hydrogen) atoms. The summed E-state index contributed by atoms with van der Waals surface area (Å²) < 4.78 is 0. The summed E-state index contributed by atoms with van der Waals surface area (Å²) in [6, 6.07) is 4.23. The summed E-state index contributed by atoms with van der Waals surface area (Å²) in [6.07, 6.45) is 0.417. The van der Waals surface area contributed by atoms with Crippen LogP contribution in [0.25, 0.3) is 0 Å². The van der Waals surface area contributed by atoms with E-state index in [0.717, 1.165) is 0 Å². The van der Waals surface area contributed by atoms with Gasteiger partial charge in [0.15, 0.2) is 11.5 Å². The maximum absolute atomic E-state index is 11.3. The van der Waals surface area contributed by atoms with E-state index < -0.39 is 11.5 Å². The number of phenolic OH excluding ortho intramolecular Hbond substituents is 2. The molecule has 0 amide bonds. The topological polar surface area (TPSA) is 81.0 Å². The van der Waals surface area contributed by atoms with Crippen molar-refractivity contribution in [3.63, 3.8) is 0 Å². The lowest BCUT2D eigenvalue weighted by Gasteiger charge is -2.36. The Morgan fingerprint density at radius 3 is 2.35 bits per heavy atom. The largest absolute Gasteiger partial charge is 0.504 e. The van der Waals surface area contributed by atoms with Crippen molar-refractivity contribution >= 4 is 11.7 Å². The molecule has 0 unspecified atom stereocenters. The number of carboxylic acid groups (broad SMARTS) is 1. The standard InChI is InChI=1S/C12H17NO4/c1-4-12(2,11(16)17)13(3)8-5-6-9(14)10(15)7-8/h5-7,14-15H,4H2,1-3H3,(H,16,17)/t12-/m0/s1. The van der Waals surface area contributed by atoms with Gasteiger partial charge in [0.05, 0.1) is 0 Å². The lowest BCUT2D eigenvalue weighted by Crippen LogP contribution is -2.50. The van der Waals surface area contributed by atoms with Crippen LogP contribution in [0.15, 0.2) is 18.2 Å². The molecule has 1 rings (SSSR count). The van der Waals surface area contributed by atoms with Crippen LogP contribution in [0.5, 0.6) is 11.5 Å². The van der Waals surface area contributed by atoms with Crippen LogP contribution in [0.3, 0.4) is 0 Å². The van der Waals surface area contributed by atoms with E-state index >= 15 is 0 Å². The Morgan fingerprint density at radius 2 is 1.94 bits per heavy atom. The molecule has 3 N–H and O–H groups in total. The Labute approximate surface area is 99.9 Å². The molecule has 1 atom stereocenters. The molecule has 0 bridgehead atoms. The minimum atomic E-state index is -1.05. The average molecular weight is 239 g/mol. The zero-order valence-corrected chi connectivity index (χ0v) is 10.1. The molecule has 0 aromatic heterocycles. The summed E-state index contributed by atoms with van der Waals surface area (Å²) in [5.41, 5.74) is -0.518. The highest BCUT2D eigenvalue weighted by atomic mass is 16.4. The molecule has 0 fully saturated rings. The van der Waals surface area contributed by atoms with Gasteiger partial charge < -0.3 is 20.2 Å². The van der Waals surface area contributed by atoms with Gasteiger partial charge in [-0.1, -0.05) is 6.92 Å². The maximum atomic E-state index is 11.3. The van der Waals surface area contributed by atoms with E-state index in [1.807, 2.05) is 0 Å². The normalized spacial score (nSPS) is 14.1. The second-order valence-electron chi connectivity index (χ2n) is 4.16. The molecule has 0 spiro atoms. The van der Waals surface area contributed by atoms with Crippen molar-refractivity contribution in [1.82, 2.24) is 0 Å². The summed E-state index contributed by atoms with van der Waals surface area (Å²) >= 11 is 0. The van der Waals surface area contributed by atoms with E-state index in [-0.39, 0.29) is 11.5 Å². The zero-order chi connectivity index (χ0) is 13.2.